The van der Waals surface area contributed by atoms with Crippen LogP contribution in [0.1, 0.15) is 43.9 Å². The Kier molecular flexibility index (Phi) is 5.79. The third-order valence-corrected chi connectivity index (χ3v) is 3.66. The molecule has 0 saturated heterocycles. The van der Waals surface area contributed by atoms with E-state index in [9.17, 15) is 13.6 Å². The van der Waals surface area contributed by atoms with Crippen LogP contribution in [0, 0.1) is 11.6 Å². The predicted octanol–water partition coefficient (Wildman–Crippen LogP) is 4.10. The van der Waals surface area contributed by atoms with E-state index < -0.39 is 17.7 Å². The monoisotopic (exact) mass is 318 g/mol. The summed E-state index contributed by atoms with van der Waals surface area (Å²) in [7, 11) is 0. The molecule has 1 aromatic carbocycles. The first-order valence-electron chi connectivity index (χ1n) is 7.72. The molecule has 0 saturated carbocycles. The molecule has 1 heterocycles. The molecule has 0 aliphatic rings. The normalized spacial score (nSPS) is 12.0. The average molecular weight is 318 g/mol. The van der Waals surface area contributed by atoms with Gasteiger partial charge >= 0.3 is 0 Å². The minimum atomic E-state index is -0.663. The molecule has 0 N–H and O–H groups in total. The number of aromatic nitrogens is 1. The highest BCUT2D eigenvalue weighted by Gasteiger charge is 2.27. The van der Waals surface area contributed by atoms with Crippen LogP contribution in [0.25, 0.3) is 0 Å². The topological polar surface area (TPSA) is 33.2 Å². The van der Waals surface area contributed by atoms with Gasteiger partial charge in [0.2, 0.25) is 5.91 Å². The number of pyridine rings is 1. The van der Waals surface area contributed by atoms with Crippen molar-refractivity contribution in [2.45, 2.75) is 32.7 Å². The van der Waals surface area contributed by atoms with Gasteiger partial charge in [-0.05, 0) is 24.1 Å². The smallest absolute Gasteiger partial charge is 0.223 e. The third-order valence-electron chi connectivity index (χ3n) is 3.66. The maximum Gasteiger partial charge on any atom is 0.223 e. The zero-order valence-electron chi connectivity index (χ0n) is 13.3. The van der Waals surface area contributed by atoms with Crippen molar-refractivity contribution in [3.05, 3.63) is 65.5 Å². The maximum absolute atomic E-state index is 14.4. The zero-order valence-corrected chi connectivity index (χ0v) is 13.3. The molecule has 0 unspecified atom stereocenters. The molecule has 0 radical (unpaired) electrons. The van der Waals surface area contributed by atoms with Crippen molar-refractivity contribution in [2.24, 2.45) is 0 Å². The summed E-state index contributed by atoms with van der Waals surface area (Å²) >= 11 is 0. The fourth-order valence-electron chi connectivity index (χ4n) is 2.63. The summed E-state index contributed by atoms with van der Waals surface area (Å²) in [6, 6.07) is 6.38. The van der Waals surface area contributed by atoms with Crippen LogP contribution < -0.4 is 0 Å². The van der Waals surface area contributed by atoms with Crippen LogP contribution in [0.5, 0.6) is 0 Å². The molecule has 0 bridgehead atoms. The lowest BCUT2D eigenvalue weighted by Crippen LogP contribution is -2.36. The summed E-state index contributed by atoms with van der Waals surface area (Å²) in [5.41, 5.74) is 0.975. The lowest BCUT2D eigenvalue weighted by Gasteiger charge is -2.32. The Hall–Kier alpha value is -2.30. The zero-order chi connectivity index (χ0) is 16.8. The molecule has 0 aliphatic carbocycles. The number of nitrogens with zero attached hydrogens (tertiary/aromatic N) is 2. The summed E-state index contributed by atoms with van der Waals surface area (Å²) in [5, 5.41) is 0. The molecule has 122 valence electrons. The number of amides is 1. The molecule has 1 aromatic heterocycles. The fraction of sp³-hybridized carbons (Fsp3) is 0.333. The van der Waals surface area contributed by atoms with Crippen molar-refractivity contribution in [2.75, 3.05) is 6.54 Å². The second-order valence-electron chi connectivity index (χ2n) is 5.30. The van der Waals surface area contributed by atoms with Gasteiger partial charge in [-0.25, -0.2) is 8.78 Å². The van der Waals surface area contributed by atoms with Crippen LogP contribution in [-0.2, 0) is 4.79 Å². The first kappa shape index (κ1) is 17.1. The quantitative estimate of drug-likeness (QED) is 0.803. The van der Waals surface area contributed by atoms with Gasteiger partial charge in [-0.15, -0.1) is 0 Å². The molecule has 1 amide bonds. The van der Waals surface area contributed by atoms with E-state index in [2.05, 4.69) is 4.98 Å². The Balaban J connectivity index is 2.57. The van der Waals surface area contributed by atoms with E-state index in [4.69, 9.17) is 0 Å². The molecule has 1 atom stereocenters. The van der Waals surface area contributed by atoms with Gasteiger partial charge in [-0.2, -0.15) is 0 Å². The van der Waals surface area contributed by atoms with E-state index in [1.54, 1.807) is 36.4 Å². The summed E-state index contributed by atoms with van der Waals surface area (Å²) in [6.45, 7) is 4.21. The lowest BCUT2D eigenvalue weighted by atomic mass is 9.97. The number of rotatable bonds is 6. The highest BCUT2D eigenvalue weighted by atomic mass is 19.1. The van der Waals surface area contributed by atoms with Gasteiger partial charge in [0.25, 0.3) is 0 Å². The Morgan fingerprint density at radius 2 is 2.04 bits per heavy atom. The minimum Gasteiger partial charge on any atom is -0.331 e. The van der Waals surface area contributed by atoms with E-state index in [1.807, 2.05) is 6.92 Å². The Bertz CT molecular complexity index is 661. The molecule has 0 spiro atoms. The predicted molar refractivity (Wildman–Crippen MR) is 84.7 cm³/mol. The number of carbonyl (C=O) groups excluding carboxylic acids is 1. The average Bonchev–Trinajstić information content (AvgIpc) is 2.56. The Morgan fingerprint density at radius 3 is 2.61 bits per heavy atom. The van der Waals surface area contributed by atoms with Gasteiger partial charge in [0.05, 0.1) is 6.04 Å². The van der Waals surface area contributed by atoms with Crippen LogP contribution in [0.15, 0.2) is 42.7 Å². The van der Waals surface area contributed by atoms with Gasteiger partial charge in [0, 0.05) is 37.0 Å². The Morgan fingerprint density at radius 1 is 1.26 bits per heavy atom. The van der Waals surface area contributed by atoms with Crippen LogP contribution >= 0.6 is 0 Å². The summed E-state index contributed by atoms with van der Waals surface area (Å²) in [6.07, 6.45) is 4.29. The molecule has 0 fully saturated rings. The standard InChI is InChI=1S/C18H20F2N2O/c1-3-10-22(17(23)4-2)18(13-6-5-9-21-12-13)15-8-7-14(19)11-16(15)20/h5-9,11-12,18H,3-4,10H2,1-2H3/t18-/m0/s1. The van der Waals surface area contributed by atoms with E-state index >= 15 is 0 Å². The largest absolute Gasteiger partial charge is 0.331 e. The van der Waals surface area contributed by atoms with Crippen LogP contribution in [-0.4, -0.2) is 22.3 Å². The second-order valence-corrected chi connectivity index (χ2v) is 5.30. The lowest BCUT2D eigenvalue weighted by molar-refractivity contribution is -0.132. The molecule has 5 heteroatoms. The first-order valence-corrected chi connectivity index (χ1v) is 7.72. The molecule has 0 aliphatic heterocycles. The van der Waals surface area contributed by atoms with Gasteiger partial charge in [-0.3, -0.25) is 9.78 Å². The first-order chi connectivity index (χ1) is 11.1. The molecule has 2 aromatic rings. The third kappa shape index (κ3) is 3.92. The van der Waals surface area contributed by atoms with Gasteiger partial charge < -0.3 is 4.90 Å². The molecular formula is C18H20F2N2O. The van der Waals surface area contributed by atoms with Gasteiger partial charge in [-0.1, -0.05) is 26.0 Å². The highest BCUT2D eigenvalue weighted by Crippen LogP contribution is 2.31. The van der Waals surface area contributed by atoms with Crippen LogP contribution in [0.3, 0.4) is 0 Å². The number of hydrogen-bond donors (Lipinski definition) is 0. The summed E-state index contributed by atoms with van der Waals surface area (Å²) in [4.78, 5) is 18.1. The number of carbonyl (C=O) groups is 1. The van der Waals surface area contributed by atoms with Crippen molar-refractivity contribution in [1.29, 1.82) is 0 Å². The van der Waals surface area contributed by atoms with Gasteiger partial charge in [0.15, 0.2) is 0 Å². The molecule has 3 nitrogen and oxygen atoms in total. The molecule has 23 heavy (non-hydrogen) atoms. The molecular weight excluding hydrogens is 298 g/mol. The van der Waals surface area contributed by atoms with Crippen molar-refractivity contribution in [3.63, 3.8) is 0 Å². The van der Waals surface area contributed by atoms with E-state index in [-0.39, 0.29) is 11.5 Å². The SMILES string of the molecule is CCCN(C(=O)CC)[C@@H](c1cccnc1)c1ccc(F)cc1F. The maximum atomic E-state index is 14.4. The highest BCUT2D eigenvalue weighted by molar-refractivity contribution is 5.77. The summed E-state index contributed by atoms with van der Waals surface area (Å²) in [5.74, 6) is -1.38. The fourth-order valence-corrected chi connectivity index (χ4v) is 2.63. The number of hydrogen-bond acceptors (Lipinski definition) is 2. The number of halogens is 2. The van der Waals surface area contributed by atoms with Crippen molar-refractivity contribution in [3.8, 4) is 0 Å². The van der Waals surface area contributed by atoms with Crippen LogP contribution in [0.4, 0.5) is 8.78 Å². The van der Waals surface area contributed by atoms with E-state index in [0.717, 1.165) is 12.5 Å². The van der Waals surface area contributed by atoms with E-state index in [0.29, 0.717) is 18.5 Å². The second kappa shape index (κ2) is 7.81. The Labute approximate surface area is 135 Å². The van der Waals surface area contributed by atoms with Gasteiger partial charge in [0.1, 0.15) is 11.6 Å². The minimum absolute atomic E-state index is 0.0792. The molecule has 2 rings (SSSR count). The van der Waals surface area contributed by atoms with Crippen LogP contribution in [0.2, 0.25) is 0 Å². The number of benzene rings is 1. The van der Waals surface area contributed by atoms with Crippen molar-refractivity contribution in [1.82, 2.24) is 9.88 Å². The summed E-state index contributed by atoms with van der Waals surface area (Å²) < 4.78 is 27.6. The van der Waals surface area contributed by atoms with E-state index in [1.165, 1.54) is 12.1 Å². The van der Waals surface area contributed by atoms with Crippen molar-refractivity contribution < 1.29 is 13.6 Å². The van der Waals surface area contributed by atoms with Crippen molar-refractivity contribution >= 4 is 5.91 Å².